The minimum Gasteiger partial charge on any atom is -0.360 e. The average Bonchev–Trinajstić information content (AvgIpc) is 3.56. The van der Waals surface area contributed by atoms with Crippen LogP contribution in [0.15, 0.2) is 30.3 Å². The summed E-state index contributed by atoms with van der Waals surface area (Å²) in [5, 5.41) is 4.95. The summed E-state index contributed by atoms with van der Waals surface area (Å²) in [5.74, 6) is 1.95. The number of nitrogens with zero attached hydrogens (tertiary/aromatic N) is 4. The lowest BCUT2D eigenvalue weighted by Crippen LogP contribution is -3.14. The molecule has 2 aromatic rings. The Kier molecular flexibility index (Phi) is 3.90. The summed E-state index contributed by atoms with van der Waals surface area (Å²) in [6.45, 7) is 5.41. The van der Waals surface area contributed by atoms with Crippen LogP contribution in [0.4, 0.5) is 5.69 Å². The molecule has 5 rings (SSSR count). The third kappa shape index (κ3) is 3.13. The zero-order valence-corrected chi connectivity index (χ0v) is 15.4. The van der Waals surface area contributed by atoms with Gasteiger partial charge in [0.2, 0.25) is 4.77 Å². The second-order valence-corrected chi connectivity index (χ2v) is 8.11. The van der Waals surface area contributed by atoms with Crippen molar-refractivity contribution >= 4 is 17.9 Å². The Hall–Kier alpha value is -1.66. The second-order valence-electron chi connectivity index (χ2n) is 7.75. The summed E-state index contributed by atoms with van der Waals surface area (Å²) in [5.41, 5.74) is 1.34. The van der Waals surface area contributed by atoms with E-state index in [9.17, 15) is 0 Å². The number of quaternary nitrogens is 1. The fourth-order valence-electron chi connectivity index (χ4n) is 3.93. The van der Waals surface area contributed by atoms with E-state index in [-0.39, 0.29) is 0 Å². The highest BCUT2D eigenvalue weighted by Crippen LogP contribution is 2.44. The van der Waals surface area contributed by atoms with E-state index in [2.05, 4.69) is 44.5 Å². The van der Waals surface area contributed by atoms with Gasteiger partial charge in [-0.05, 0) is 50.0 Å². The first-order valence-electron chi connectivity index (χ1n) is 9.62. The molecule has 2 saturated carbocycles. The lowest BCUT2D eigenvalue weighted by atomic mass is 10.2. The van der Waals surface area contributed by atoms with Crippen molar-refractivity contribution in [1.82, 2.24) is 14.3 Å². The maximum atomic E-state index is 5.78. The molecule has 1 saturated heterocycles. The van der Waals surface area contributed by atoms with Crippen LogP contribution < -0.4 is 9.80 Å². The molecule has 3 aliphatic rings. The minimum absolute atomic E-state index is 0.641. The molecule has 25 heavy (non-hydrogen) atoms. The average molecular weight is 357 g/mol. The van der Waals surface area contributed by atoms with Crippen LogP contribution >= 0.6 is 12.2 Å². The van der Waals surface area contributed by atoms with E-state index in [1.165, 1.54) is 37.2 Å². The molecule has 0 radical (unpaired) electrons. The van der Waals surface area contributed by atoms with Gasteiger partial charge in [0.1, 0.15) is 5.82 Å². The standard InChI is InChI=1S/C19H25N5S/c25-19-23(20-18(15-6-7-15)24(19)17-8-9-17)14-21-10-12-22(13-11-21)16-4-2-1-3-5-16/h1-5,15,17H,6-14H2/p+1. The molecule has 1 aromatic carbocycles. The summed E-state index contributed by atoms with van der Waals surface area (Å²) >= 11 is 5.78. The van der Waals surface area contributed by atoms with E-state index in [0.29, 0.717) is 12.0 Å². The van der Waals surface area contributed by atoms with Crippen molar-refractivity contribution in [2.45, 2.75) is 44.3 Å². The number of rotatable bonds is 5. The van der Waals surface area contributed by atoms with Crippen molar-refractivity contribution in [3.05, 3.63) is 40.9 Å². The third-order valence-electron chi connectivity index (χ3n) is 5.72. The maximum absolute atomic E-state index is 5.78. The van der Waals surface area contributed by atoms with Gasteiger partial charge in [-0.3, -0.25) is 0 Å². The molecule has 2 heterocycles. The maximum Gasteiger partial charge on any atom is 0.203 e. The van der Waals surface area contributed by atoms with E-state index < -0.39 is 0 Å². The number of anilines is 1. The van der Waals surface area contributed by atoms with Crippen LogP contribution in [0.25, 0.3) is 0 Å². The van der Waals surface area contributed by atoms with Gasteiger partial charge in [-0.25, -0.2) is 0 Å². The van der Waals surface area contributed by atoms with Crippen LogP contribution in [-0.2, 0) is 6.67 Å². The van der Waals surface area contributed by atoms with Gasteiger partial charge in [-0.15, -0.1) is 0 Å². The van der Waals surface area contributed by atoms with E-state index in [1.54, 1.807) is 4.90 Å². The molecule has 0 bridgehead atoms. The Morgan fingerprint density at radius 1 is 1.04 bits per heavy atom. The van der Waals surface area contributed by atoms with Gasteiger partial charge in [0, 0.05) is 17.6 Å². The third-order valence-corrected chi connectivity index (χ3v) is 6.12. The highest BCUT2D eigenvalue weighted by atomic mass is 32.1. The number of piperazine rings is 1. The fourth-order valence-corrected chi connectivity index (χ4v) is 4.27. The van der Waals surface area contributed by atoms with Crippen molar-refractivity contribution in [3.8, 4) is 0 Å². The lowest BCUT2D eigenvalue weighted by molar-refractivity contribution is -0.924. The summed E-state index contributed by atoms with van der Waals surface area (Å²) in [4.78, 5) is 4.08. The van der Waals surface area contributed by atoms with Crippen molar-refractivity contribution in [3.63, 3.8) is 0 Å². The lowest BCUT2D eigenvalue weighted by Gasteiger charge is -2.33. The number of benzene rings is 1. The molecule has 0 unspecified atom stereocenters. The van der Waals surface area contributed by atoms with Crippen molar-refractivity contribution in [2.75, 3.05) is 31.1 Å². The molecular formula is C19H26N5S+. The molecular weight excluding hydrogens is 330 g/mol. The molecule has 1 N–H and O–H groups in total. The van der Waals surface area contributed by atoms with Gasteiger partial charge in [-0.1, -0.05) is 18.2 Å². The van der Waals surface area contributed by atoms with Crippen molar-refractivity contribution in [1.29, 1.82) is 0 Å². The Bertz CT molecular complexity index is 795. The fraction of sp³-hybridized carbons (Fsp3) is 0.579. The molecule has 2 aliphatic carbocycles. The number of aromatic nitrogens is 3. The van der Waals surface area contributed by atoms with Gasteiger partial charge >= 0.3 is 0 Å². The van der Waals surface area contributed by atoms with E-state index in [1.807, 2.05) is 0 Å². The van der Waals surface area contributed by atoms with Gasteiger partial charge < -0.3 is 14.4 Å². The van der Waals surface area contributed by atoms with E-state index in [0.717, 1.165) is 37.6 Å². The summed E-state index contributed by atoms with van der Waals surface area (Å²) in [6.07, 6.45) is 5.15. The first-order valence-corrected chi connectivity index (χ1v) is 10.0. The number of para-hydroxylation sites is 1. The highest BCUT2D eigenvalue weighted by molar-refractivity contribution is 7.71. The molecule has 1 aliphatic heterocycles. The molecule has 0 atom stereocenters. The van der Waals surface area contributed by atoms with Gasteiger partial charge in [0.25, 0.3) is 0 Å². The van der Waals surface area contributed by atoms with Crippen LogP contribution in [0.5, 0.6) is 0 Å². The summed E-state index contributed by atoms with van der Waals surface area (Å²) in [6, 6.07) is 11.4. The van der Waals surface area contributed by atoms with E-state index in [4.69, 9.17) is 17.3 Å². The first-order chi connectivity index (χ1) is 12.3. The predicted octanol–water partition coefficient (Wildman–Crippen LogP) is 1.99. The molecule has 132 valence electrons. The smallest absolute Gasteiger partial charge is 0.203 e. The quantitative estimate of drug-likeness (QED) is 0.831. The van der Waals surface area contributed by atoms with Crippen LogP contribution in [0.2, 0.25) is 0 Å². The van der Waals surface area contributed by atoms with Crippen LogP contribution in [0.1, 0.15) is 43.5 Å². The van der Waals surface area contributed by atoms with Crippen molar-refractivity contribution in [2.24, 2.45) is 0 Å². The highest BCUT2D eigenvalue weighted by Gasteiger charge is 2.36. The zero-order valence-electron chi connectivity index (χ0n) is 14.6. The molecule has 0 amide bonds. The Morgan fingerprint density at radius 3 is 2.40 bits per heavy atom. The number of hydrogen-bond donors (Lipinski definition) is 1. The van der Waals surface area contributed by atoms with Crippen LogP contribution in [-0.4, -0.2) is 40.5 Å². The van der Waals surface area contributed by atoms with E-state index >= 15 is 0 Å². The summed E-state index contributed by atoms with van der Waals surface area (Å²) in [7, 11) is 0. The monoisotopic (exact) mass is 356 g/mol. The Morgan fingerprint density at radius 2 is 1.76 bits per heavy atom. The normalized spacial score (nSPS) is 21.7. The number of hydrogen-bond acceptors (Lipinski definition) is 3. The minimum atomic E-state index is 0.641. The Balaban J connectivity index is 1.27. The first kappa shape index (κ1) is 15.6. The predicted molar refractivity (Wildman–Crippen MR) is 101 cm³/mol. The van der Waals surface area contributed by atoms with Gasteiger partial charge in [0.05, 0.1) is 26.2 Å². The van der Waals surface area contributed by atoms with Gasteiger partial charge in [-0.2, -0.15) is 9.78 Å². The molecule has 3 fully saturated rings. The summed E-state index contributed by atoms with van der Waals surface area (Å²) < 4.78 is 5.46. The molecule has 5 nitrogen and oxygen atoms in total. The number of nitrogens with one attached hydrogen (secondary N) is 1. The molecule has 0 spiro atoms. The molecule has 6 heteroatoms. The Labute approximate surface area is 153 Å². The largest absolute Gasteiger partial charge is 0.360 e. The van der Waals surface area contributed by atoms with Gasteiger partial charge in [0.15, 0.2) is 6.67 Å². The topological polar surface area (TPSA) is 30.4 Å². The molecule has 1 aromatic heterocycles. The van der Waals surface area contributed by atoms with Crippen LogP contribution in [0.3, 0.4) is 0 Å². The SMILES string of the molecule is S=c1n(C[NH+]2CCN(c3ccccc3)CC2)nc(C2CC2)n1C1CC1. The zero-order chi connectivity index (χ0) is 16.8. The second kappa shape index (κ2) is 6.25. The van der Waals surface area contributed by atoms with Crippen molar-refractivity contribution < 1.29 is 4.90 Å². The van der Waals surface area contributed by atoms with Crippen LogP contribution in [0, 0.1) is 4.77 Å².